The van der Waals surface area contributed by atoms with Gasteiger partial charge in [0, 0.05) is 19.6 Å². The molecule has 0 spiro atoms. The third kappa shape index (κ3) is 5.78. The lowest BCUT2D eigenvalue weighted by Crippen LogP contribution is -2.34. The highest BCUT2D eigenvalue weighted by atomic mass is 16.7. The predicted molar refractivity (Wildman–Crippen MR) is 88.1 cm³/mol. The van der Waals surface area contributed by atoms with Gasteiger partial charge in [0.15, 0.2) is 0 Å². The molecule has 0 bridgehead atoms. The van der Waals surface area contributed by atoms with Crippen LogP contribution in [0.4, 0.5) is 0 Å². The van der Waals surface area contributed by atoms with E-state index in [4.69, 9.17) is 4.84 Å². The van der Waals surface area contributed by atoms with Crippen molar-refractivity contribution in [2.75, 3.05) is 19.6 Å². The summed E-state index contributed by atoms with van der Waals surface area (Å²) in [5, 5.41) is 1.44. The molecule has 1 heterocycles. The summed E-state index contributed by atoms with van der Waals surface area (Å²) in [6.07, 6.45) is 3.00. The number of amides is 1. The molecule has 0 radical (unpaired) electrons. The van der Waals surface area contributed by atoms with E-state index in [2.05, 4.69) is 35.2 Å². The van der Waals surface area contributed by atoms with Crippen molar-refractivity contribution < 1.29 is 9.63 Å². The molecule has 1 fully saturated rings. The van der Waals surface area contributed by atoms with Gasteiger partial charge in [-0.1, -0.05) is 30.3 Å². The maximum atomic E-state index is 11.1. The molecule has 0 aliphatic carbocycles. The zero-order valence-electron chi connectivity index (χ0n) is 14.0. The molecule has 22 heavy (non-hydrogen) atoms. The molecule has 1 saturated heterocycles. The van der Waals surface area contributed by atoms with E-state index in [1.54, 1.807) is 0 Å². The van der Waals surface area contributed by atoms with Gasteiger partial charge >= 0.3 is 0 Å². The van der Waals surface area contributed by atoms with Gasteiger partial charge in [0.05, 0.1) is 5.60 Å². The molecule has 1 unspecified atom stereocenters. The highest BCUT2D eigenvalue weighted by Gasteiger charge is 2.24. The number of rotatable bonds is 7. The summed E-state index contributed by atoms with van der Waals surface area (Å²) in [6, 6.07) is 10.6. The summed E-state index contributed by atoms with van der Waals surface area (Å²) in [5.74, 6) is 0.648. The third-order valence-corrected chi connectivity index (χ3v) is 3.89. The molecular weight excluding hydrogens is 276 g/mol. The van der Waals surface area contributed by atoms with Crippen molar-refractivity contribution in [1.82, 2.24) is 9.96 Å². The van der Waals surface area contributed by atoms with Gasteiger partial charge in [-0.2, -0.15) is 0 Å². The molecule has 1 aliphatic rings. The molecule has 1 atom stereocenters. The second-order valence-corrected chi connectivity index (χ2v) is 7.11. The molecule has 1 aliphatic heterocycles. The lowest BCUT2D eigenvalue weighted by atomic mass is 10.1. The molecule has 0 N–H and O–H groups in total. The van der Waals surface area contributed by atoms with E-state index >= 15 is 0 Å². The van der Waals surface area contributed by atoms with Crippen LogP contribution >= 0.6 is 0 Å². The first kappa shape index (κ1) is 17.0. The summed E-state index contributed by atoms with van der Waals surface area (Å²) < 4.78 is 0. The largest absolute Gasteiger partial charge is 0.299 e. The highest BCUT2D eigenvalue weighted by molar-refractivity contribution is 5.44. The van der Waals surface area contributed by atoms with E-state index in [-0.39, 0.29) is 5.60 Å². The van der Waals surface area contributed by atoms with Crippen molar-refractivity contribution in [2.24, 2.45) is 5.92 Å². The van der Waals surface area contributed by atoms with Crippen LogP contribution in [0.1, 0.15) is 39.2 Å². The Morgan fingerprint density at radius 3 is 2.68 bits per heavy atom. The quantitative estimate of drug-likeness (QED) is 0.573. The van der Waals surface area contributed by atoms with E-state index in [9.17, 15) is 4.79 Å². The second kappa shape index (κ2) is 7.75. The van der Waals surface area contributed by atoms with Crippen LogP contribution in [0.5, 0.6) is 0 Å². The number of carbonyl (C=O) groups is 1. The lowest BCUT2D eigenvalue weighted by Gasteiger charge is -2.27. The molecule has 0 aromatic heterocycles. The minimum absolute atomic E-state index is 0.323. The number of carbonyl (C=O) groups excluding carboxylic acids is 1. The number of hydrogen-bond acceptors (Lipinski definition) is 3. The Hall–Kier alpha value is -1.39. The van der Waals surface area contributed by atoms with Crippen LogP contribution in [-0.4, -0.2) is 41.6 Å². The predicted octanol–water partition coefficient (Wildman–Crippen LogP) is 3.09. The van der Waals surface area contributed by atoms with Gasteiger partial charge in [-0.3, -0.25) is 14.5 Å². The Morgan fingerprint density at radius 2 is 2.05 bits per heavy atom. The Balaban J connectivity index is 1.73. The van der Waals surface area contributed by atoms with E-state index in [1.807, 2.05) is 20.8 Å². The number of likely N-dealkylation sites (tertiary alicyclic amines) is 1. The molecule has 1 amide bonds. The smallest absolute Gasteiger partial charge is 0.233 e. The second-order valence-electron chi connectivity index (χ2n) is 7.11. The maximum absolute atomic E-state index is 11.1. The highest BCUT2D eigenvalue weighted by Crippen LogP contribution is 2.22. The zero-order chi connectivity index (χ0) is 16.0. The summed E-state index contributed by atoms with van der Waals surface area (Å²) in [4.78, 5) is 19.2. The van der Waals surface area contributed by atoms with Crippen LogP contribution in [0, 0.1) is 5.92 Å². The summed E-state index contributed by atoms with van der Waals surface area (Å²) >= 11 is 0. The molecule has 122 valence electrons. The van der Waals surface area contributed by atoms with Crippen LogP contribution in [0.15, 0.2) is 30.3 Å². The Bertz CT molecular complexity index is 456. The SMILES string of the molecule is CC(C)(C)ON(C=O)CCC1CCN(Cc2ccccc2)C1. The lowest BCUT2D eigenvalue weighted by molar-refractivity contribution is -0.216. The zero-order valence-corrected chi connectivity index (χ0v) is 14.0. The van der Waals surface area contributed by atoms with Gasteiger partial charge in [0.25, 0.3) is 0 Å². The van der Waals surface area contributed by atoms with E-state index in [0.29, 0.717) is 12.5 Å². The van der Waals surface area contributed by atoms with Crippen LogP contribution in [-0.2, 0) is 16.2 Å². The first-order chi connectivity index (χ1) is 10.5. The monoisotopic (exact) mass is 304 g/mol. The van der Waals surface area contributed by atoms with Crippen LogP contribution < -0.4 is 0 Å². The van der Waals surface area contributed by atoms with Gasteiger partial charge in [-0.15, -0.1) is 0 Å². The topological polar surface area (TPSA) is 32.8 Å². The van der Waals surface area contributed by atoms with Crippen LogP contribution in [0.2, 0.25) is 0 Å². The van der Waals surface area contributed by atoms with Crippen molar-refractivity contribution >= 4 is 6.41 Å². The van der Waals surface area contributed by atoms with Crippen molar-refractivity contribution in [3.63, 3.8) is 0 Å². The molecule has 4 heteroatoms. The van der Waals surface area contributed by atoms with Crippen molar-refractivity contribution in [3.05, 3.63) is 35.9 Å². The Morgan fingerprint density at radius 1 is 1.32 bits per heavy atom. The number of benzene rings is 1. The Labute approximate surface area is 134 Å². The average Bonchev–Trinajstić information content (AvgIpc) is 2.91. The third-order valence-electron chi connectivity index (χ3n) is 3.89. The number of hydrogen-bond donors (Lipinski definition) is 0. The van der Waals surface area contributed by atoms with E-state index in [0.717, 1.165) is 32.5 Å². The van der Waals surface area contributed by atoms with E-state index < -0.39 is 0 Å². The maximum Gasteiger partial charge on any atom is 0.233 e. The van der Waals surface area contributed by atoms with Gasteiger partial charge in [-0.05, 0) is 51.6 Å². The number of hydroxylamine groups is 2. The van der Waals surface area contributed by atoms with Gasteiger partial charge in [0.1, 0.15) is 0 Å². The summed E-state index contributed by atoms with van der Waals surface area (Å²) in [7, 11) is 0. The summed E-state index contributed by atoms with van der Waals surface area (Å²) in [6.45, 7) is 9.82. The first-order valence-electron chi connectivity index (χ1n) is 8.13. The molecule has 0 saturated carbocycles. The molecule has 4 nitrogen and oxygen atoms in total. The molecule has 1 aromatic carbocycles. The van der Waals surface area contributed by atoms with Crippen LogP contribution in [0.25, 0.3) is 0 Å². The first-order valence-corrected chi connectivity index (χ1v) is 8.13. The molecular formula is C18H28N2O2. The average molecular weight is 304 g/mol. The standard InChI is InChI=1S/C18H28N2O2/c1-18(2,3)22-20(15-21)12-10-17-9-11-19(14-17)13-16-7-5-4-6-8-16/h4-8,15,17H,9-14H2,1-3H3. The molecule has 2 rings (SSSR count). The minimum atomic E-state index is -0.323. The van der Waals surface area contributed by atoms with Crippen molar-refractivity contribution in [1.29, 1.82) is 0 Å². The number of nitrogens with zero attached hydrogens (tertiary/aromatic N) is 2. The van der Waals surface area contributed by atoms with Gasteiger partial charge in [-0.25, -0.2) is 5.06 Å². The summed E-state index contributed by atoms with van der Waals surface area (Å²) in [5.41, 5.74) is 1.05. The van der Waals surface area contributed by atoms with Gasteiger partial charge in [0.2, 0.25) is 6.41 Å². The fourth-order valence-corrected chi connectivity index (χ4v) is 2.92. The fraction of sp³-hybridized carbons (Fsp3) is 0.611. The van der Waals surface area contributed by atoms with Crippen LogP contribution in [0.3, 0.4) is 0 Å². The fourth-order valence-electron chi connectivity index (χ4n) is 2.92. The van der Waals surface area contributed by atoms with Crippen molar-refractivity contribution in [3.8, 4) is 0 Å². The molecule has 1 aromatic rings. The normalized spacial score (nSPS) is 19.3. The minimum Gasteiger partial charge on any atom is -0.299 e. The Kier molecular flexibility index (Phi) is 5.98. The van der Waals surface area contributed by atoms with Gasteiger partial charge < -0.3 is 0 Å². The van der Waals surface area contributed by atoms with E-state index in [1.165, 1.54) is 17.0 Å². The van der Waals surface area contributed by atoms with Crippen molar-refractivity contribution in [2.45, 2.75) is 45.8 Å².